The Bertz CT molecular complexity index is 698. The first-order chi connectivity index (χ1) is 9.37. The SMILES string of the molecule is Cc1nn(-c2cccc(N)c2)c2c1C(=O)CC(C)(C)C2. The molecule has 0 aliphatic heterocycles. The van der Waals surface area contributed by atoms with Gasteiger partial charge in [-0.05, 0) is 37.0 Å². The number of rotatable bonds is 1. The van der Waals surface area contributed by atoms with Gasteiger partial charge in [-0.2, -0.15) is 5.10 Å². The third-order valence-corrected chi connectivity index (χ3v) is 3.83. The lowest BCUT2D eigenvalue weighted by molar-refractivity contribution is 0.0910. The Morgan fingerprint density at radius 1 is 1.30 bits per heavy atom. The van der Waals surface area contributed by atoms with Gasteiger partial charge in [0.05, 0.1) is 22.6 Å². The van der Waals surface area contributed by atoms with E-state index in [1.165, 1.54) is 0 Å². The van der Waals surface area contributed by atoms with Gasteiger partial charge in [0.1, 0.15) is 0 Å². The number of fused-ring (bicyclic) bond motifs is 1. The maximum absolute atomic E-state index is 12.4. The summed E-state index contributed by atoms with van der Waals surface area (Å²) in [4.78, 5) is 12.4. The molecular weight excluding hydrogens is 250 g/mol. The van der Waals surface area contributed by atoms with Crippen LogP contribution in [0, 0.1) is 12.3 Å². The zero-order valence-electron chi connectivity index (χ0n) is 12.1. The zero-order chi connectivity index (χ0) is 14.5. The minimum absolute atomic E-state index is 0.0192. The van der Waals surface area contributed by atoms with Crippen LogP contribution in [0.15, 0.2) is 24.3 Å². The summed E-state index contributed by atoms with van der Waals surface area (Å²) in [6.07, 6.45) is 1.44. The molecule has 0 amide bonds. The highest BCUT2D eigenvalue weighted by Gasteiger charge is 2.35. The van der Waals surface area contributed by atoms with Crippen LogP contribution in [-0.4, -0.2) is 15.6 Å². The van der Waals surface area contributed by atoms with Crippen molar-refractivity contribution < 1.29 is 4.79 Å². The molecule has 0 bridgehead atoms. The Labute approximate surface area is 118 Å². The van der Waals surface area contributed by atoms with Crippen LogP contribution in [0.3, 0.4) is 0 Å². The molecular formula is C16H19N3O. The van der Waals surface area contributed by atoms with E-state index < -0.39 is 0 Å². The fourth-order valence-electron chi connectivity index (χ4n) is 3.01. The molecule has 0 fully saturated rings. The quantitative estimate of drug-likeness (QED) is 0.810. The van der Waals surface area contributed by atoms with E-state index in [0.717, 1.165) is 29.1 Å². The molecule has 2 N–H and O–H groups in total. The van der Waals surface area contributed by atoms with Gasteiger partial charge in [0.15, 0.2) is 5.78 Å². The fraction of sp³-hybridized carbons (Fsp3) is 0.375. The van der Waals surface area contributed by atoms with Crippen LogP contribution in [-0.2, 0) is 6.42 Å². The van der Waals surface area contributed by atoms with Crippen LogP contribution in [0.1, 0.15) is 42.0 Å². The Morgan fingerprint density at radius 2 is 2.05 bits per heavy atom. The molecule has 1 heterocycles. The van der Waals surface area contributed by atoms with E-state index in [4.69, 9.17) is 5.73 Å². The molecule has 4 heteroatoms. The van der Waals surface area contributed by atoms with E-state index in [1.807, 2.05) is 35.9 Å². The lowest BCUT2D eigenvalue weighted by Gasteiger charge is -2.29. The van der Waals surface area contributed by atoms with Crippen LogP contribution in [0.5, 0.6) is 0 Å². The summed E-state index contributed by atoms with van der Waals surface area (Å²) in [7, 11) is 0. The number of benzene rings is 1. The number of nitrogens with zero attached hydrogens (tertiary/aromatic N) is 2. The largest absolute Gasteiger partial charge is 0.399 e. The Balaban J connectivity index is 2.20. The van der Waals surface area contributed by atoms with Gasteiger partial charge in [0.25, 0.3) is 0 Å². The molecule has 0 atom stereocenters. The molecule has 1 aliphatic rings. The minimum atomic E-state index is -0.0192. The third kappa shape index (κ3) is 2.01. The Hall–Kier alpha value is -2.10. The van der Waals surface area contributed by atoms with Crippen LogP contribution in [0.4, 0.5) is 5.69 Å². The monoisotopic (exact) mass is 269 g/mol. The molecule has 3 rings (SSSR count). The second kappa shape index (κ2) is 4.20. The first-order valence-electron chi connectivity index (χ1n) is 6.85. The number of anilines is 1. The number of nitrogen functional groups attached to an aromatic ring is 1. The summed E-state index contributed by atoms with van der Waals surface area (Å²) >= 11 is 0. The number of nitrogens with two attached hydrogens (primary N) is 1. The van der Waals surface area contributed by atoms with Crippen molar-refractivity contribution in [2.45, 2.75) is 33.6 Å². The molecule has 1 aliphatic carbocycles. The lowest BCUT2D eigenvalue weighted by Crippen LogP contribution is -2.28. The molecule has 20 heavy (non-hydrogen) atoms. The predicted molar refractivity (Wildman–Crippen MR) is 79.1 cm³/mol. The second-order valence-electron chi connectivity index (χ2n) is 6.35. The van der Waals surface area contributed by atoms with Crippen molar-refractivity contribution >= 4 is 11.5 Å². The number of carbonyl (C=O) groups excluding carboxylic acids is 1. The molecule has 0 saturated heterocycles. The highest BCUT2D eigenvalue weighted by atomic mass is 16.1. The minimum Gasteiger partial charge on any atom is -0.399 e. The number of ketones is 1. The lowest BCUT2D eigenvalue weighted by atomic mass is 9.75. The maximum atomic E-state index is 12.4. The van der Waals surface area contributed by atoms with E-state index in [9.17, 15) is 4.79 Å². The van der Waals surface area contributed by atoms with Gasteiger partial charge in [-0.1, -0.05) is 19.9 Å². The van der Waals surface area contributed by atoms with Gasteiger partial charge < -0.3 is 5.73 Å². The van der Waals surface area contributed by atoms with Crippen LogP contribution in [0.25, 0.3) is 5.69 Å². The third-order valence-electron chi connectivity index (χ3n) is 3.83. The average Bonchev–Trinajstić information content (AvgIpc) is 2.64. The number of aromatic nitrogens is 2. The summed E-state index contributed by atoms with van der Waals surface area (Å²) in [6, 6.07) is 7.61. The summed E-state index contributed by atoms with van der Waals surface area (Å²) in [5.74, 6) is 0.198. The zero-order valence-corrected chi connectivity index (χ0v) is 12.1. The van der Waals surface area contributed by atoms with E-state index >= 15 is 0 Å². The molecule has 1 aromatic heterocycles. The number of Topliss-reactive ketones (excluding diaryl/α,β-unsaturated/α-hetero) is 1. The van der Waals surface area contributed by atoms with Gasteiger partial charge >= 0.3 is 0 Å². The smallest absolute Gasteiger partial charge is 0.167 e. The number of hydrogen-bond acceptors (Lipinski definition) is 3. The molecule has 4 nitrogen and oxygen atoms in total. The van der Waals surface area contributed by atoms with E-state index in [1.54, 1.807) is 0 Å². The van der Waals surface area contributed by atoms with Crippen molar-refractivity contribution in [2.24, 2.45) is 5.41 Å². The molecule has 104 valence electrons. The van der Waals surface area contributed by atoms with E-state index in [-0.39, 0.29) is 11.2 Å². The Kier molecular flexibility index (Phi) is 2.71. The predicted octanol–water partition coefficient (Wildman–Crippen LogP) is 2.92. The summed E-state index contributed by atoms with van der Waals surface area (Å²) in [5.41, 5.74) is 10.1. The summed E-state index contributed by atoms with van der Waals surface area (Å²) in [5, 5.41) is 4.56. The van der Waals surface area contributed by atoms with Crippen LogP contribution < -0.4 is 5.73 Å². The van der Waals surface area contributed by atoms with Gasteiger partial charge in [-0.15, -0.1) is 0 Å². The van der Waals surface area contributed by atoms with E-state index in [2.05, 4.69) is 18.9 Å². The van der Waals surface area contributed by atoms with Crippen molar-refractivity contribution in [1.29, 1.82) is 0 Å². The first-order valence-corrected chi connectivity index (χ1v) is 6.85. The summed E-state index contributed by atoms with van der Waals surface area (Å²) in [6.45, 7) is 6.15. The number of hydrogen-bond donors (Lipinski definition) is 1. The maximum Gasteiger partial charge on any atom is 0.167 e. The molecule has 1 aromatic carbocycles. The van der Waals surface area contributed by atoms with Crippen molar-refractivity contribution in [2.75, 3.05) is 5.73 Å². The van der Waals surface area contributed by atoms with Crippen molar-refractivity contribution in [1.82, 2.24) is 9.78 Å². The van der Waals surface area contributed by atoms with Crippen LogP contribution in [0.2, 0.25) is 0 Å². The van der Waals surface area contributed by atoms with Crippen molar-refractivity contribution in [3.05, 3.63) is 41.2 Å². The number of aryl methyl sites for hydroxylation is 1. The fourth-order valence-corrected chi connectivity index (χ4v) is 3.01. The second-order valence-corrected chi connectivity index (χ2v) is 6.35. The normalized spacial score (nSPS) is 17.1. The highest BCUT2D eigenvalue weighted by Crippen LogP contribution is 2.36. The van der Waals surface area contributed by atoms with Gasteiger partial charge in [0, 0.05) is 12.1 Å². The van der Waals surface area contributed by atoms with E-state index in [0.29, 0.717) is 12.1 Å². The van der Waals surface area contributed by atoms with Crippen molar-refractivity contribution in [3.8, 4) is 5.69 Å². The van der Waals surface area contributed by atoms with Crippen molar-refractivity contribution in [3.63, 3.8) is 0 Å². The molecule has 2 aromatic rings. The molecule has 0 saturated carbocycles. The van der Waals surface area contributed by atoms with Gasteiger partial charge in [0.2, 0.25) is 0 Å². The molecule has 0 unspecified atom stereocenters. The summed E-state index contributed by atoms with van der Waals surface area (Å²) < 4.78 is 1.87. The standard InChI is InChI=1S/C16H19N3O/c1-10-15-13(8-16(2,3)9-14(15)20)19(18-10)12-6-4-5-11(17)7-12/h4-7H,8-9,17H2,1-3H3. The molecule has 0 radical (unpaired) electrons. The Morgan fingerprint density at radius 3 is 2.75 bits per heavy atom. The van der Waals surface area contributed by atoms with Gasteiger partial charge in [-0.25, -0.2) is 4.68 Å². The first kappa shape index (κ1) is 12.9. The molecule has 0 spiro atoms. The number of carbonyl (C=O) groups is 1. The van der Waals surface area contributed by atoms with Gasteiger partial charge in [-0.3, -0.25) is 4.79 Å². The van der Waals surface area contributed by atoms with Crippen LogP contribution >= 0.6 is 0 Å². The topological polar surface area (TPSA) is 60.9 Å². The average molecular weight is 269 g/mol. The highest BCUT2D eigenvalue weighted by molar-refractivity contribution is 5.99.